The average molecular weight is 393 g/mol. The Morgan fingerprint density at radius 2 is 1.66 bits per heavy atom. The molecule has 29 heavy (non-hydrogen) atoms. The SMILES string of the molecule is Cc1ccc(O)c2c1C=CC1C2(C)CCC2(C)C3CC(C)CCC3(C)CCC12C. The van der Waals surface area contributed by atoms with E-state index in [0.717, 1.165) is 11.8 Å². The molecule has 0 aliphatic heterocycles. The van der Waals surface area contributed by atoms with E-state index in [4.69, 9.17) is 0 Å². The third-order valence-corrected chi connectivity index (χ3v) is 11.0. The second-order valence-corrected chi connectivity index (χ2v) is 12.4. The third kappa shape index (κ3) is 2.34. The van der Waals surface area contributed by atoms with Crippen LogP contribution in [0.2, 0.25) is 0 Å². The van der Waals surface area contributed by atoms with E-state index in [2.05, 4.69) is 59.8 Å². The summed E-state index contributed by atoms with van der Waals surface area (Å²) in [7, 11) is 0. The Morgan fingerprint density at radius 1 is 0.931 bits per heavy atom. The highest BCUT2D eigenvalue weighted by atomic mass is 16.3. The molecule has 1 heteroatoms. The first-order valence-electron chi connectivity index (χ1n) is 12.1. The molecule has 3 saturated carbocycles. The van der Waals surface area contributed by atoms with Gasteiger partial charge in [0.25, 0.3) is 0 Å². The van der Waals surface area contributed by atoms with E-state index >= 15 is 0 Å². The summed E-state index contributed by atoms with van der Waals surface area (Å²) in [6, 6.07) is 4.01. The lowest BCUT2D eigenvalue weighted by atomic mass is 9.34. The molecule has 1 aromatic carbocycles. The minimum atomic E-state index is 0.0441. The van der Waals surface area contributed by atoms with Crippen LogP contribution >= 0.6 is 0 Å². The van der Waals surface area contributed by atoms with Gasteiger partial charge in [-0.3, -0.25) is 0 Å². The highest BCUT2D eigenvalue weighted by Gasteiger charge is 2.67. The fraction of sp³-hybridized carbons (Fsp3) is 0.714. The Balaban J connectivity index is 1.64. The Morgan fingerprint density at radius 3 is 2.41 bits per heavy atom. The molecule has 5 rings (SSSR count). The maximum atomic E-state index is 11.0. The van der Waals surface area contributed by atoms with E-state index in [0.29, 0.717) is 27.9 Å². The number of benzene rings is 1. The number of fused-ring (bicyclic) bond motifs is 7. The Labute approximate surface area is 178 Å². The summed E-state index contributed by atoms with van der Waals surface area (Å²) in [5.74, 6) is 2.73. The lowest BCUT2D eigenvalue weighted by molar-refractivity contribution is -0.190. The van der Waals surface area contributed by atoms with Crippen molar-refractivity contribution in [3.63, 3.8) is 0 Å². The molecule has 3 fully saturated rings. The van der Waals surface area contributed by atoms with E-state index in [1.807, 2.05) is 6.07 Å². The molecule has 0 bridgehead atoms. The van der Waals surface area contributed by atoms with Gasteiger partial charge in [0.15, 0.2) is 0 Å². The van der Waals surface area contributed by atoms with Gasteiger partial charge in [-0.1, -0.05) is 59.3 Å². The molecule has 0 amide bonds. The third-order valence-electron chi connectivity index (χ3n) is 11.0. The van der Waals surface area contributed by atoms with Crippen LogP contribution in [-0.4, -0.2) is 5.11 Å². The Bertz CT molecular complexity index is 883. The second-order valence-electron chi connectivity index (χ2n) is 12.4. The predicted molar refractivity (Wildman–Crippen MR) is 122 cm³/mol. The van der Waals surface area contributed by atoms with Crippen molar-refractivity contribution in [3.05, 3.63) is 34.9 Å². The highest BCUT2D eigenvalue weighted by Crippen LogP contribution is 2.74. The monoisotopic (exact) mass is 392 g/mol. The van der Waals surface area contributed by atoms with E-state index < -0.39 is 0 Å². The largest absolute Gasteiger partial charge is 0.508 e. The fourth-order valence-electron chi connectivity index (χ4n) is 8.89. The number of hydrogen-bond acceptors (Lipinski definition) is 1. The van der Waals surface area contributed by atoms with E-state index in [9.17, 15) is 5.11 Å². The van der Waals surface area contributed by atoms with Crippen LogP contribution in [0.25, 0.3) is 6.08 Å². The van der Waals surface area contributed by atoms with Gasteiger partial charge < -0.3 is 5.11 Å². The summed E-state index contributed by atoms with van der Waals surface area (Å²) in [4.78, 5) is 0. The number of phenolic OH excluding ortho intramolecular Hbond substituents is 1. The number of rotatable bonds is 0. The van der Waals surface area contributed by atoms with Gasteiger partial charge >= 0.3 is 0 Å². The van der Waals surface area contributed by atoms with Crippen LogP contribution in [0.1, 0.15) is 96.3 Å². The molecule has 0 saturated heterocycles. The van der Waals surface area contributed by atoms with Crippen LogP contribution in [0.15, 0.2) is 18.2 Å². The van der Waals surface area contributed by atoms with Crippen molar-refractivity contribution in [1.29, 1.82) is 0 Å². The van der Waals surface area contributed by atoms with E-state index in [1.54, 1.807) is 0 Å². The van der Waals surface area contributed by atoms with Crippen molar-refractivity contribution in [2.75, 3.05) is 0 Å². The van der Waals surface area contributed by atoms with Gasteiger partial charge in [-0.05, 0) is 96.6 Å². The molecule has 4 aliphatic rings. The molecule has 0 heterocycles. The zero-order valence-corrected chi connectivity index (χ0v) is 19.4. The number of phenols is 1. The van der Waals surface area contributed by atoms with Gasteiger partial charge in [-0.2, -0.15) is 0 Å². The van der Waals surface area contributed by atoms with Crippen LogP contribution in [0.4, 0.5) is 0 Å². The topological polar surface area (TPSA) is 20.2 Å². The maximum absolute atomic E-state index is 11.0. The molecule has 7 atom stereocenters. The van der Waals surface area contributed by atoms with Crippen LogP contribution in [0.3, 0.4) is 0 Å². The van der Waals surface area contributed by atoms with Gasteiger partial charge in [-0.25, -0.2) is 0 Å². The summed E-state index contributed by atoms with van der Waals surface area (Å²) in [5, 5.41) is 11.0. The van der Waals surface area contributed by atoms with Crippen LogP contribution in [-0.2, 0) is 5.41 Å². The zero-order chi connectivity index (χ0) is 20.8. The standard InChI is InChI=1S/C28H40O/c1-18-11-12-25(3)13-15-27(5)22-10-8-20-19(2)7-9-21(29)24(20)26(22,4)14-16-28(27,6)23(25)17-18/h7-10,18,22-23,29H,11-17H2,1-6H3. The minimum Gasteiger partial charge on any atom is -0.508 e. The smallest absolute Gasteiger partial charge is 0.119 e. The Hall–Kier alpha value is -1.24. The lowest BCUT2D eigenvalue weighted by Crippen LogP contribution is -2.64. The summed E-state index contributed by atoms with van der Waals surface area (Å²) in [6.45, 7) is 15.0. The first-order chi connectivity index (χ1) is 13.6. The van der Waals surface area contributed by atoms with Crippen molar-refractivity contribution >= 4 is 6.08 Å². The quantitative estimate of drug-likeness (QED) is 0.481. The van der Waals surface area contributed by atoms with Gasteiger partial charge in [-0.15, -0.1) is 0 Å². The predicted octanol–water partition coefficient (Wildman–Crippen LogP) is 7.64. The molecule has 1 nitrogen and oxygen atoms in total. The van der Waals surface area contributed by atoms with Crippen molar-refractivity contribution in [1.82, 2.24) is 0 Å². The maximum Gasteiger partial charge on any atom is 0.119 e. The van der Waals surface area contributed by atoms with Crippen molar-refractivity contribution < 1.29 is 5.11 Å². The van der Waals surface area contributed by atoms with Gasteiger partial charge in [0.2, 0.25) is 0 Å². The summed E-state index contributed by atoms with van der Waals surface area (Å²) in [5.41, 5.74) is 5.07. The van der Waals surface area contributed by atoms with E-state index in [-0.39, 0.29) is 5.41 Å². The average Bonchev–Trinajstić information content (AvgIpc) is 2.68. The normalized spacial score (nSPS) is 48.3. The van der Waals surface area contributed by atoms with E-state index in [1.165, 1.54) is 61.6 Å². The van der Waals surface area contributed by atoms with Crippen molar-refractivity contribution in [3.8, 4) is 5.75 Å². The minimum absolute atomic E-state index is 0.0441. The summed E-state index contributed by atoms with van der Waals surface area (Å²) in [6.07, 6.45) is 14.4. The van der Waals surface area contributed by atoms with Gasteiger partial charge in [0.05, 0.1) is 0 Å². The van der Waals surface area contributed by atoms with Crippen LogP contribution in [0, 0.1) is 40.9 Å². The molecule has 0 aromatic heterocycles. The van der Waals surface area contributed by atoms with Gasteiger partial charge in [0, 0.05) is 11.0 Å². The molecular weight excluding hydrogens is 352 g/mol. The number of allylic oxidation sites excluding steroid dienone is 1. The second kappa shape index (κ2) is 5.92. The molecule has 4 aliphatic carbocycles. The molecule has 0 radical (unpaired) electrons. The lowest BCUT2D eigenvalue weighted by Gasteiger charge is -2.70. The molecule has 0 spiro atoms. The Kier molecular flexibility index (Phi) is 4.02. The number of hydrogen-bond donors (Lipinski definition) is 1. The fourth-order valence-corrected chi connectivity index (χ4v) is 8.89. The van der Waals surface area contributed by atoms with Gasteiger partial charge in [0.1, 0.15) is 5.75 Å². The number of aromatic hydroxyl groups is 1. The first-order valence-corrected chi connectivity index (χ1v) is 12.1. The molecular formula is C28H40O. The summed E-state index contributed by atoms with van der Waals surface area (Å²) >= 11 is 0. The molecule has 1 N–H and O–H groups in total. The van der Waals surface area contributed by atoms with Crippen LogP contribution < -0.4 is 0 Å². The van der Waals surface area contributed by atoms with Crippen LogP contribution in [0.5, 0.6) is 5.75 Å². The first kappa shape index (κ1) is 19.7. The van der Waals surface area contributed by atoms with Crippen molar-refractivity contribution in [2.24, 2.45) is 34.0 Å². The number of aryl methyl sites for hydroxylation is 1. The zero-order valence-electron chi connectivity index (χ0n) is 19.4. The summed E-state index contributed by atoms with van der Waals surface area (Å²) < 4.78 is 0. The molecule has 158 valence electrons. The molecule has 1 aromatic rings. The van der Waals surface area contributed by atoms with Crippen molar-refractivity contribution in [2.45, 2.75) is 91.9 Å². The molecule has 7 unspecified atom stereocenters. The highest BCUT2D eigenvalue weighted by molar-refractivity contribution is 5.67.